The molecule has 1 aliphatic rings. The zero-order valence-corrected chi connectivity index (χ0v) is 9.23. The molecule has 0 amide bonds. The van der Waals surface area contributed by atoms with Gasteiger partial charge in [-0.3, -0.25) is 0 Å². The second-order valence-electron chi connectivity index (χ2n) is 4.02. The smallest absolute Gasteiger partial charge is 0.328 e. The van der Waals surface area contributed by atoms with Gasteiger partial charge in [0.15, 0.2) is 6.04 Å². The molecule has 0 saturated carbocycles. The van der Waals surface area contributed by atoms with Gasteiger partial charge in [0.2, 0.25) is 0 Å². The van der Waals surface area contributed by atoms with Crippen LogP contribution >= 0.6 is 0 Å². The number of carboxylic acids is 1. The highest BCUT2D eigenvalue weighted by Crippen LogP contribution is 2.19. The van der Waals surface area contributed by atoms with E-state index in [4.69, 9.17) is 9.84 Å². The molecule has 0 bridgehead atoms. The first-order chi connectivity index (χ1) is 8.16. The zero-order chi connectivity index (χ0) is 12.3. The van der Waals surface area contributed by atoms with Crippen molar-refractivity contribution in [1.82, 2.24) is 0 Å². The molecule has 0 aromatic heterocycles. The lowest BCUT2D eigenvalue weighted by molar-refractivity contribution is -0.140. The van der Waals surface area contributed by atoms with E-state index in [1.165, 1.54) is 24.3 Å². The Kier molecular flexibility index (Phi) is 3.58. The Morgan fingerprint density at radius 1 is 1.47 bits per heavy atom. The number of carboxylic acid groups (broad SMARTS) is 1. The molecule has 4 nitrogen and oxygen atoms in total. The first kappa shape index (κ1) is 11.9. The van der Waals surface area contributed by atoms with Gasteiger partial charge in [0.1, 0.15) is 5.82 Å². The molecule has 2 rings (SSSR count). The molecule has 1 heterocycles. The van der Waals surface area contributed by atoms with Crippen molar-refractivity contribution >= 4 is 11.7 Å². The minimum absolute atomic E-state index is 0.322. The molecule has 17 heavy (non-hydrogen) atoms. The summed E-state index contributed by atoms with van der Waals surface area (Å²) in [5, 5.41) is 12.0. The molecule has 2 unspecified atom stereocenters. The van der Waals surface area contributed by atoms with Gasteiger partial charge < -0.3 is 15.2 Å². The van der Waals surface area contributed by atoms with Gasteiger partial charge in [0, 0.05) is 12.3 Å². The Labute approximate surface area is 98.4 Å². The molecule has 0 radical (unpaired) electrons. The summed E-state index contributed by atoms with van der Waals surface area (Å²) in [6.45, 7) is 0.597. The maximum absolute atomic E-state index is 12.7. The summed E-state index contributed by atoms with van der Waals surface area (Å²) in [6.07, 6.45) is 1.28. The lowest BCUT2D eigenvalue weighted by Crippen LogP contribution is -2.40. The molecular formula is C12H14FNO3. The Morgan fingerprint density at radius 2 is 2.18 bits per heavy atom. The number of aliphatic carboxylic acids is 1. The third-order valence-corrected chi connectivity index (χ3v) is 2.77. The van der Waals surface area contributed by atoms with E-state index in [9.17, 15) is 9.18 Å². The van der Waals surface area contributed by atoms with E-state index in [1.807, 2.05) is 0 Å². The zero-order valence-electron chi connectivity index (χ0n) is 9.23. The number of halogens is 1. The van der Waals surface area contributed by atoms with Crippen molar-refractivity contribution in [3.63, 3.8) is 0 Å². The van der Waals surface area contributed by atoms with Crippen LogP contribution in [0.5, 0.6) is 0 Å². The molecule has 1 aliphatic heterocycles. The molecule has 1 aromatic carbocycles. The van der Waals surface area contributed by atoms with Crippen molar-refractivity contribution in [2.75, 3.05) is 11.9 Å². The minimum Gasteiger partial charge on any atom is -0.480 e. The van der Waals surface area contributed by atoms with Gasteiger partial charge in [-0.1, -0.05) is 0 Å². The largest absolute Gasteiger partial charge is 0.480 e. The van der Waals surface area contributed by atoms with Crippen LogP contribution in [-0.2, 0) is 9.53 Å². The van der Waals surface area contributed by atoms with Crippen LogP contribution in [0.15, 0.2) is 24.3 Å². The molecule has 1 aromatic rings. The topological polar surface area (TPSA) is 58.6 Å². The summed E-state index contributed by atoms with van der Waals surface area (Å²) < 4.78 is 18.1. The lowest BCUT2D eigenvalue weighted by Gasteiger charge is -2.21. The number of nitrogens with one attached hydrogen (secondary N) is 1. The second-order valence-corrected chi connectivity index (χ2v) is 4.02. The van der Waals surface area contributed by atoms with E-state index in [0.717, 1.165) is 12.8 Å². The number of ether oxygens (including phenoxy) is 1. The number of benzene rings is 1. The van der Waals surface area contributed by atoms with Gasteiger partial charge in [0.05, 0.1) is 6.10 Å². The Hall–Kier alpha value is -1.62. The lowest BCUT2D eigenvalue weighted by atomic mass is 10.1. The quantitative estimate of drug-likeness (QED) is 0.842. The minimum atomic E-state index is -0.957. The highest BCUT2D eigenvalue weighted by Gasteiger charge is 2.31. The van der Waals surface area contributed by atoms with Crippen molar-refractivity contribution in [1.29, 1.82) is 0 Å². The van der Waals surface area contributed by atoms with E-state index >= 15 is 0 Å². The SMILES string of the molecule is O=C(O)C(Nc1ccc(F)cc1)C1CCCO1. The number of carbonyl (C=O) groups is 1. The molecule has 1 fully saturated rings. The number of rotatable bonds is 4. The summed E-state index contributed by atoms with van der Waals surface area (Å²) in [6, 6.07) is 4.82. The Bertz CT molecular complexity index is 387. The van der Waals surface area contributed by atoms with Crippen molar-refractivity contribution < 1.29 is 19.0 Å². The van der Waals surface area contributed by atoms with Crippen molar-refractivity contribution in [3.05, 3.63) is 30.1 Å². The van der Waals surface area contributed by atoms with E-state index in [-0.39, 0.29) is 11.9 Å². The summed E-state index contributed by atoms with van der Waals surface area (Å²) in [5.41, 5.74) is 0.578. The van der Waals surface area contributed by atoms with Crippen LogP contribution in [0.4, 0.5) is 10.1 Å². The third-order valence-electron chi connectivity index (χ3n) is 2.77. The highest BCUT2D eigenvalue weighted by molar-refractivity contribution is 5.78. The standard InChI is InChI=1S/C12H14FNO3/c13-8-3-5-9(6-4-8)14-11(12(15)16)10-2-1-7-17-10/h3-6,10-11,14H,1-2,7H2,(H,15,16). The van der Waals surface area contributed by atoms with Crippen LogP contribution in [0.2, 0.25) is 0 Å². The molecule has 0 spiro atoms. The van der Waals surface area contributed by atoms with Crippen LogP contribution in [0.3, 0.4) is 0 Å². The number of hydrogen-bond donors (Lipinski definition) is 2. The van der Waals surface area contributed by atoms with Gasteiger partial charge in [-0.25, -0.2) is 9.18 Å². The normalized spacial score (nSPS) is 21.1. The fourth-order valence-electron chi connectivity index (χ4n) is 1.90. The Morgan fingerprint density at radius 3 is 2.71 bits per heavy atom. The Balaban J connectivity index is 2.06. The maximum Gasteiger partial charge on any atom is 0.328 e. The predicted molar refractivity (Wildman–Crippen MR) is 60.4 cm³/mol. The fourth-order valence-corrected chi connectivity index (χ4v) is 1.90. The van der Waals surface area contributed by atoms with Gasteiger partial charge in [-0.2, -0.15) is 0 Å². The van der Waals surface area contributed by atoms with Crippen LogP contribution in [0, 0.1) is 5.82 Å². The van der Waals surface area contributed by atoms with Crippen LogP contribution in [0.1, 0.15) is 12.8 Å². The molecule has 2 atom stereocenters. The molecule has 1 saturated heterocycles. The van der Waals surface area contributed by atoms with Crippen molar-refractivity contribution in [2.24, 2.45) is 0 Å². The molecule has 0 aliphatic carbocycles. The summed E-state index contributed by atoms with van der Waals surface area (Å²) >= 11 is 0. The van der Waals surface area contributed by atoms with E-state index in [2.05, 4.69) is 5.32 Å². The average molecular weight is 239 g/mol. The highest BCUT2D eigenvalue weighted by atomic mass is 19.1. The summed E-state index contributed by atoms with van der Waals surface area (Å²) in [4.78, 5) is 11.1. The molecular weight excluding hydrogens is 225 g/mol. The fraction of sp³-hybridized carbons (Fsp3) is 0.417. The first-order valence-electron chi connectivity index (χ1n) is 5.53. The molecule has 2 N–H and O–H groups in total. The van der Waals surface area contributed by atoms with Gasteiger partial charge >= 0.3 is 5.97 Å². The molecule has 5 heteroatoms. The average Bonchev–Trinajstić information content (AvgIpc) is 2.81. The monoisotopic (exact) mass is 239 g/mol. The maximum atomic E-state index is 12.7. The summed E-state index contributed by atoms with van der Waals surface area (Å²) in [5.74, 6) is -1.30. The van der Waals surface area contributed by atoms with E-state index in [0.29, 0.717) is 12.3 Å². The summed E-state index contributed by atoms with van der Waals surface area (Å²) in [7, 11) is 0. The van der Waals surface area contributed by atoms with Crippen molar-refractivity contribution in [3.8, 4) is 0 Å². The van der Waals surface area contributed by atoms with Gasteiger partial charge in [-0.15, -0.1) is 0 Å². The van der Waals surface area contributed by atoms with Crippen molar-refractivity contribution in [2.45, 2.75) is 25.0 Å². The van der Waals surface area contributed by atoms with Crippen LogP contribution in [-0.4, -0.2) is 29.8 Å². The first-order valence-corrected chi connectivity index (χ1v) is 5.53. The number of anilines is 1. The predicted octanol–water partition coefficient (Wildman–Crippen LogP) is 1.87. The van der Waals surface area contributed by atoms with Gasteiger partial charge in [-0.05, 0) is 37.1 Å². The second kappa shape index (κ2) is 5.14. The molecule has 92 valence electrons. The van der Waals surface area contributed by atoms with Gasteiger partial charge in [0.25, 0.3) is 0 Å². The number of hydrogen-bond acceptors (Lipinski definition) is 3. The van der Waals surface area contributed by atoms with E-state index in [1.54, 1.807) is 0 Å². The van der Waals surface area contributed by atoms with E-state index < -0.39 is 12.0 Å². The van der Waals surface area contributed by atoms with Crippen LogP contribution < -0.4 is 5.32 Å². The third kappa shape index (κ3) is 2.94. The van der Waals surface area contributed by atoms with Crippen LogP contribution in [0.25, 0.3) is 0 Å².